The second-order valence-corrected chi connectivity index (χ2v) is 7.79. The number of benzene rings is 1. The molecule has 0 spiro atoms. The Labute approximate surface area is 166 Å². The third-order valence-electron chi connectivity index (χ3n) is 5.36. The lowest BCUT2D eigenvalue weighted by atomic mass is 9.91. The van der Waals surface area contributed by atoms with Crippen molar-refractivity contribution in [2.75, 3.05) is 19.6 Å². The van der Waals surface area contributed by atoms with Crippen molar-refractivity contribution in [1.82, 2.24) is 15.2 Å². The summed E-state index contributed by atoms with van der Waals surface area (Å²) in [5, 5.41) is 3.87. The summed E-state index contributed by atoms with van der Waals surface area (Å²) in [7, 11) is 0. The summed E-state index contributed by atoms with van der Waals surface area (Å²) in [6.45, 7) is 5.15. The molecule has 0 radical (unpaired) electrons. The fourth-order valence-electron chi connectivity index (χ4n) is 3.67. The van der Waals surface area contributed by atoms with Gasteiger partial charge in [-0.1, -0.05) is 30.2 Å². The van der Waals surface area contributed by atoms with E-state index in [1.54, 1.807) is 12.4 Å². The number of likely N-dealkylation sites (tertiary alicyclic amines) is 1. The Morgan fingerprint density at radius 2 is 1.78 bits per heavy atom. The highest BCUT2D eigenvalue weighted by atomic mass is 35.5. The van der Waals surface area contributed by atoms with E-state index < -0.39 is 0 Å². The maximum absolute atomic E-state index is 13.0. The number of carbonyl (C=O) groups excluding carboxylic acids is 1. The Balaban J connectivity index is 1.67. The highest BCUT2D eigenvalue weighted by Crippen LogP contribution is 2.23. The number of nitrogens with one attached hydrogen (secondary N) is 1. The molecule has 27 heavy (non-hydrogen) atoms. The van der Waals surface area contributed by atoms with Gasteiger partial charge in [0, 0.05) is 30.0 Å². The van der Waals surface area contributed by atoms with Crippen LogP contribution in [0.4, 0.5) is 0 Å². The SMILES string of the molecule is CC(CNC(=O)C(Cc1ccncc1)c1ccc(Cl)cc1)N1CCCCC1. The Morgan fingerprint density at radius 3 is 2.44 bits per heavy atom. The molecule has 2 aromatic rings. The van der Waals surface area contributed by atoms with Crippen LogP contribution in [-0.2, 0) is 11.2 Å². The van der Waals surface area contributed by atoms with Gasteiger partial charge in [-0.3, -0.25) is 14.7 Å². The zero-order chi connectivity index (χ0) is 19.1. The number of hydrogen-bond donors (Lipinski definition) is 1. The first-order valence-electron chi connectivity index (χ1n) is 9.79. The van der Waals surface area contributed by atoms with E-state index in [0.29, 0.717) is 24.0 Å². The van der Waals surface area contributed by atoms with Crippen LogP contribution in [0.3, 0.4) is 0 Å². The van der Waals surface area contributed by atoms with E-state index in [0.717, 1.165) is 24.2 Å². The molecule has 1 aliphatic heterocycles. The Morgan fingerprint density at radius 1 is 1.11 bits per heavy atom. The first-order valence-corrected chi connectivity index (χ1v) is 10.2. The van der Waals surface area contributed by atoms with Gasteiger partial charge in [0.05, 0.1) is 5.92 Å². The first kappa shape index (κ1) is 19.8. The lowest BCUT2D eigenvalue weighted by Gasteiger charge is -2.32. The van der Waals surface area contributed by atoms with Gasteiger partial charge >= 0.3 is 0 Å². The van der Waals surface area contributed by atoms with Crippen molar-refractivity contribution in [2.45, 2.75) is 44.6 Å². The summed E-state index contributed by atoms with van der Waals surface area (Å²) < 4.78 is 0. The smallest absolute Gasteiger partial charge is 0.227 e. The van der Waals surface area contributed by atoms with Crippen molar-refractivity contribution in [3.63, 3.8) is 0 Å². The lowest BCUT2D eigenvalue weighted by Crippen LogP contribution is -2.45. The average Bonchev–Trinajstić information content (AvgIpc) is 2.72. The molecule has 3 rings (SSSR count). The lowest BCUT2D eigenvalue weighted by molar-refractivity contribution is -0.122. The predicted molar refractivity (Wildman–Crippen MR) is 110 cm³/mol. The number of pyridine rings is 1. The van der Waals surface area contributed by atoms with Crippen LogP contribution < -0.4 is 5.32 Å². The molecule has 0 aliphatic carbocycles. The van der Waals surface area contributed by atoms with Gasteiger partial charge in [0.25, 0.3) is 0 Å². The topological polar surface area (TPSA) is 45.2 Å². The van der Waals surface area contributed by atoms with Gasteiger partial charge in [-0.15, -0.1) is 0 Å². The summed E-state index contributed by atoms with van der Waals surface area (Å²) in [4.78, 5) is 19.6. The quantitative estimate of drug-likeness (QED) is 0.781. The molecule has 1 amide bonds. The predicted octanol–water partition coefficient (Wildman–Crippen LogP) is 4.05. The number of hydrogen-bond acceptors (Lipinski definition) is 3. The maximum Gasteiger partial charge on any atom is 0.227 e. The van der Waals surface area contributed by atoms with Gasteiger partial charge in [0.15, 0.2) is 0 Å². The molecule has 2 atom stereocenters. The number of aromatic nitrogens is 1. The normalized spacial score (nSPS) is 17.3. The van der Waals surface area contributed by atoms with Gasteiger partial charge in [-0.05, 0) is 74.7 Å². The summed E-state index contributed by atoms with van der Waals surface area (Å²) in [5.41, 5.74) is 2.09. The van der Waals surface area contributed by atoms with Crippen molar-refractivity contribution >= 4 is 17.5 Å². The Bertz CT molecular complexity index is 714. The van der Waals surface area contributed by atoms with Crippen molar-refractivity contribution in [3.05, 3.63) is 64.9 Å². The zero-order valence-corrected chi connectivity index (χ0v) is 16.7. The Kier molecular flexibility index (Phi) is 7.25. The second kappa shape index (κ2) is 9.86. The molecular weight excluding hydrogens is 358 g/mol. The third kappa shape index (κ3) is 5.78. The molecule has 1 aromatic carbocycles. The molecule has 1 aromatic heterocycles. The van der Waals surface area contributed by atoms with Crippen LogP contribution in [0.1, 0.15) is 43.2 Å². The fourth-order valence-corrected chi connectivity index (χ4v) is 3.80. The minimum Gasteiger partial charge on any atom is -0.354 e. The number of nitrogens with zero attached hydrogens (tertiary/aromatic N) is 2. The summed E-state index contributed by atoms with van der Waals surface area (Å²) in [6.07, 6.45) is 8.02. The van der Waals surface area contributed by atoms with Crippen molar-refractivity contribution in [2.24, 2.45) is 0 Å². The third-order valence-corrected chi connectivity index (χ3v) is 5.62. The molecule has 1 aliphatic rings. The van der Waals surface area contributed by atoms with Crippen molar-refractivity contribution < 1.29 is 4.79 Å². The fraction of sp³-hybridized carbons (Fsp3) is 0.455. The van der Waals surface area contributed by atoms with E-state index in [2.05, 4.69) is 22.1 Å². The molecular formula is C22H28ClN3O. The number of amides is 1. The highest BCUT2D eigenvalue weighted by Gasteiger charge is 2.23. The van der Waals surface area contributed by atoms with Crippen LogP contribution >= 0.6 is 11.6 Å². The van der Waals surface area contributed by atoms with Gasteiger partial charge in [0.1, 0.15) is 0 Å². The van der Waals surface area contributed by atoms with Gasteiger partial charge < -0.3 is 5.32 Å². The van der Waals surface area contributed by atoms with E-state index in [9.17, 15) is 4.79 Å². The Hall–Kier alpha value is -1.91. The van der Waals surface area contributed by atoms with Crippen molar-refractivity contribution in [1.29, 1.82) is 0 Å². The van der Waals surface area contributed by atoms with E-state index in [1.807, 2.05) is 36.4 Å². The summed E-state index contributed by atoms with van der Waals surface area (Å²) in [5.74, 6) is -0.170. The highest BCUT2D eigenvalue weighted by molar-refractivity contribution is 6.30. The first-order chi connectivity index (χ1) is 13.1. The summed E-state index contributed by atoms with van der Waals surface area (Å²) in [6, 6.07) is 11.9. The summed E-state index contributed by atoms with van der Waals surface area (Å²) >= 11 is 6.03. The van der Waals surface area contributed by atoms with Crippen LogP contribution in [0.2, 0.25) is 5.02 Å². The number of piperidine rings is 1. The largest absolute Gasteiger partial charge is 0.354 e. The van der Waals surface area contributed by atoms with Gasteiger partial charge in [0.2, 0.25) is 5.91 Å². The molecule has 144 valence electrons. The molecule has 5 heteroatoms. The monoisotopic (exact) mass is 385 g/mol. The minimum atomic E-state index is -0.238. The van der Waals surface area contributed by atoms with E-state index in [4.69, 9.17) is 11.6 Å². The molecule has 4 nitrogen and oxygen atoms in total. The van der Waals surface area contributed by atoms with Crippen LogP contribution in [0, 0.1) is 0 Å². The van der Waals surface area contributed by atoms with E-state index in [1.165, 1.54) is 19.3 Å². The van der Waals surface area contributed by atoms with Crippen LogP contribution in [0.15, 0.2) is 48.8 Å². The molecule has 1 saturated heterocycles. The zero-order valence-electron chi connectivity index (χ0n) is 15.9. The molecule has 0 bridgehead atoms. The molecule has 0 saturated carbocycles. The standard InChI is InChI=1S/C22H28ClN3O/c1-17(26-13-3-2-4-14-26)16-25-22(27)21(15-18-9-11-24-12-10-18)19-5-7-20(23)8-6-19/h5-12,17,21H,2-4,13-16H2,1H3,(H,25,27). The van der Waals surface area contributed by atoms with Crippen molar-refractivity contribution in [3.8, 4) is 0 Å². The van der Waals surface area contributed by atoms with Crippen LogP contribution in [-0.4, -0.2) is 41.5 Å². The van der Waals surface area contributed by atoms with Crippen LogP contribution in [0.5, 0.6) is 0 Å². The van der Waals surface area contributed by atoms with E-state index in [-0.39, 0.29) is 11.8 Å². The maximum atomic E-state index is 13.0. The molecule has 1 fully saturated rings. The van der Waals surface area contributed by atoms with Gasteiger partial charge in [-0.25, -0.2) is 0 Å². The minimum absolute atomic E-state index is 0.0676. The number of halogens is 1. The number of carbonyl (C=O) groups is 1. The van der Waals surface area contributed by atoms with E-state index >= 15 is 0 Å². The number of rotatable bonds is 7. The molecule has 1 N–H and O–H groups in total. The molecule has 2 unspecified atom stereocenters. The second-order valence-electron chi connectivity index (χ2n) is 7.35. The average molecular weight is 386 g/mol. The van der Waals surface area contributed by atoms with Gasteiger partial charge in [-0.2, -0.15) is 0 Å². The van der Waals surface area contributed by atoms with Crippen LogP contribution in [0.25, 0.3) is 0 Å². The molecule has 2 heterocycles.